The van der Waals surface area contributed by atoms with E-state index in [-0.39, 0.29) is 16.9 Å². The summed E-state index contributed by atoms with van der Waals surface area (Å²) >= 11 is 8.40. The van der Waals surface area contributed by atoms with Gasteiger partial charge in [-0.1, -0.05) is 41.1 Å². The first-order chi connectivity index (χ1) is 16.3. The predicted octanol–water partition coefficient (Wildman–Crippen LogP) is 5.25. The van der Waals surface area contributed by atoms with Gasteiger partial charge in [-0.2, -0.15) is 0 Å². The molecule has 0 aliphatic heterocycles. The molecule has 0 unspecified atom stereocenters. The van der Waals surface area contributed by atoms with Crippen LogP contribution in [-0.2, 0) is 19.8 Å². The van der Waals surface area contributed by atoms with Gasteiger partial charge >= 0.3 is 0 Å². The average Bonchev–Trinajstić information content (AvgIpc) is 3.27. The standard InChI is InChI=1S/C25H18ClFIN5O/c1-32-20-10-11-21(30-24(20)19(13-23(32)34)15-4-3-5-17(26)12-15)25(27,22-14-29-31-33(22)2)16-6-8-18(28)9-7-16/h3-14H,1-2H3/t25-/m1/s1. The van der Waals surface area contributed by atoms with Crippen molar-refractivity contribution in [2.24, 2.45) is 14.1 Å². The Bertz CT molecular complexity index is 1600. The van der Waals surface area contributed by atoms with Gasteiger partial charge < -0.3 is 4.57 Å². The maximum atomic E-state index is 17.3. The number of aryl methyl sites for hydroxylation is 2. The van der Waals surface area contributed by atoms with Gasteiger partial charge in [0.25, 0.3) is 5.56 Å². The van der Waals surface area contributed by atoms with Crippen LogP contribution in [-0.4, -0.2) is 24.5 Å². The number of halogens is 3. The van der Waals surface area contributed by atoms with Crippen LogP contribution in [0.15, 0.2) is 77.7 Å². The Hall–Kier alpha value is -3.11. The fourth-order valence-corrected chi connectivity index (χ4v) is 4.65. The third kappa shape index (κ3) is 3.70. The molecule has 0 aliphatic rings. The summed E-state index contributed by atoms with van der Waals surface area (Å²) in [5.41, 5.74) is 0.858. The number of pyridine rings is 2. The molecule has 9 heteroatoms. The maximum Gasteiger partial charge on any atom is 0.251 e. The fraction of sp³-hybridized carbons (Fsp3) is 0.120. The Balaban J connectivity index is 1.84. The third-order valence-corrected chi connectivity index (χ3v) is 6.84. The van der Waals surface area contributed by atoms with Gasteiger partial charge in [-0.15, -0.1) is 5.10 Å². The van der Waals surface area contributed by atoms with Crippen molar-refractivity contribution in [3.8, 4) is 11.1 Å². The Morgan fingerprint density at radius 2 is 1.79 bits per heavy atom. The number of hydrogen-bond acceptors (Lipinski definition) is 4. The highest BCUT2D eigenvalue weighted by Crippen LogP contribution is 2.40. The topological polar surface area (TPSA) is 65.6 Å². The molecule has 0 radical (unpaired) electrons. The number of fused-ring (bicyclic) bond motifs is 1. The zero-order valence-corrected chi connectivity index (χ0v) is 21.1. The Morgan fingerprint density at radius 1 is 1.03 bits per heavy atom. The van der Waals surface area contributed by atoms with E-state index >= 15 is 4.39 Å². The molecule has 0 spiro atoms. The van der Waals surface area contributed by atoms with Gasteiger partial charge in [-0.25, -0.2) is 14.1 Å². The minimum Gasteiger partial charge on any atom is -0.310 e. The molecule has 5 aromatic rings. The van der Waals surface area contributed by atoms with E-state index < -0.39 is 5.67 Å². The fourth-order valence-electron chi connectivity index (χ4n) is 4.10. The zero-order chi connectivity index (χ0) is 24.0. The highest BCUT2D eigenvalue weighted by Gasteiger charge is 2.41. The molecule has 0 aliphatic carbocycles. The molecular formula is C25H18ClFIN5O. The van der Waals surface area contributed by atoms with Gasteiger partial charge in [-0.3, -0.25) is 4.79 Å². The molecule has 1 atom stereocenters. The van der Waals surface area contributed by atoms with Crippen molar-refractivity contribution >= 4 is 45.2 Å². The molecule has 170 valence electrons. The number of rotatable bonds is 4. The number of alkyl halides is 1. The Morgan fingerprint density at radius 3 is 2.47 bits per heavy atom. The van der Waals surface area contributed by atoms with Crippen molar-refractivity contribution < 1.29 is 4.39 Å². The van der Waals surface area contributed by atoms with E-state index in [4.69, 9.17) is 16.6 Å². The molecule has 34 heavy (non-hydrogen) atoms. The number of nitrogens with zero attached hydrogens (tertiary/aromatic N) is 5. The van der Waals surface area contributed by atoms with Crippen LogP contribution >= 0.6 is 34.2 Å². The van der Waals surface area contributed by atoms with Crippen LogP contribution in [0.3, 0.4) is 0 Å². The Kier molecular flexibility index (Phi) is 5.73. The zero-order valence-electron chi connectivity index (χ0n) is 18.2. The van der Waals surface area contributed by atoms with Gasteiger partial charge in [0.1, 0.15) is 5.69 Å². The summed E-state index contributed by atoms with van der Waals surface area (Å²) in [5, 5.41) is 8.38. The van der Waals surface area contributed by atoms with Crippen molar-refractivity contribution in [3.05, 3.63) is 109 Å². The van der Waals surface area contributed by atoms with E-state index in [1.165, 1.54) is 21.5 Å². The quantitative estimate of drug-likeness (QED) is 0.271. The van der Waals surface area contributed by atoms with Crippen molar-refractivity contribution in [1.29, 1.82) is 0 Å². The molecule has 3 heterocycles. The van der Waals surface area contributed by atoms with Crippen LogP contribution in [0, 0.1) is 3.57 Å². The molecular weight excluding hydrogens is 568 g/mol. The lowest BCUT2D eigenvalue weighted by Crippen LogP contribution is -2.28. The van der Waals surface area contributed by atoms with Crippen LogP contribution in [0.2, 0.25) is 5.02 Å². The van der Waals surface area contributed by atoms with Crippen LogP contribution in [0.25, 0.3) is 22.2 Å². The average molecular weight is 586 g/mol. The molecule has 0 fully saturated rings. The van der Waals surface area contributed by atoms with Gasteiger partial charge in [-0.05, 0) is 64.6 Å². The van der Waals surface area contributed by atoms with Crippen LogP contribution in [0.5, 0.6) is 0 Å². The van der Waals surface area contributed by atoms with Crippen molar-refractivity contribution in [2.75, 3.05) is 0 Å². The summed E-state index contributed by atoms with van der Waals surface area (Å²) in [5.74, 6) is 0. The summed E-state index contributed by atoms with van der Waals surface area (Å²) in [4.78, 5) is 17.5. The van der Waals surface area contributed by atoms with E-state index in [0.717, 1.165) is 9.13 Å². The minimum absolute atomic E-state index is 0.161. The number of benzene rings is 2. The molecule has 0 bridgehead atoms. The van der Waals surface area contributed by atoms with Gasteiger partial charge in [0, 0.05) is 39.9 Å². The highest BCUT2D eigenvalue weighted by molar-refractivity contribution is 14.1. The van der Waals surface area contributed by atoms with Crippen LogP contribution < -0.4 is 5.56 Å². The summed E-state index contributed by atoms with van der Waals surface area (Å²) in [6.07, 6.45) is 1.41. The normalized spacial score (nSPS) is 13.2. The van der Waals surface area contributed by atoms with Crippen LogP contribution in [0.4, 0.5) is 4.39 Å². The molecule has 6 nitrogen and oxygen atoms in total. The summed E-state index contributed by atoms with van der Waals surface area (Å²) in [6.45, 7) is 0. The number of hydrogen-bond donors (Lipinski definition) is 0. The first-order valence-electron chi connectivity index (χ1n) is 10.4. The van der Waals surface area contributed by atoms with E-state index in [1.807, 2.05) is 18.2 Å². The van der Waals surface area contributed by atoms with E-state index in [0.29, 0.717) is 27.2 Å². The van der Waals surface area contributed by atoms with Crippen LogP contribution in [0.1, 0.15) is 17.0 Å². The van der Waals surface area contributed by atoms with Gasteiger partial charge in [0.15, 0.2) is 0 Å². The second kappa shape index (κ2) is 8.59. The first-order valence-corrected chi connectivity index (χ1v) is 11.8. The number of aromatic nitrogens is 5. The monoisotopic (exact) mass is 585 g/mol. The summed E-state index contributed by atoms with van der Waals surface area (Å²) < 4.78 is 21.1. The van der Waals surface area contributed by atoms with Gasteiger partial charge in [0.2, 0.25) is 5.67 Å². The van der Waals surface area contributed by atoms with Crippen molar-refractivity contribution in [3.63, 3.8) is 0 Å². The maximum absolute atomic E-state index is 17.3. The first kappa shape index (κ1) is 22.7. The summed E-state index contributed by atoms with van der Waals surface area (Å²) in [6, 6.07) is 19.2. The molecule has 5 rings (SSSR count). The molecule has 0 saturated carbocycles. The van der Waals surface area contributed by atoms with Crippen molar-refractivity contribution in [1.82, 2.24) is 24.5 Å². The van der Waals surface area contributed by atoms with E-state index in [9.17, 15) is 4.79 Å². The largest absolute Gasteiger partial charge is 0.310 e. The molecule has 0 saturated heterocycles. The lowest BCUT2D eigenvalue weighted by molar-refractivity contribution is 0.257. The molecule has 3 aromatic heterocycles. The minimum atomic E-state index is -2.13. The van der Waals surface area contributed by atoms with Gasteiger partial charge in [0.05, 0.1) is 22.9 Å². The lowest BCUT2D eigenvalue weighted by Gasteiger charge is -2.26. The van der Waals surface area contributed by atoms with E-state index in [2.05, 4.69) is 32.9 Å². The summed E-state index contributed by atoms with van der Waals surface area (Å²) in [7, 11) is 3.31. The molecule has 0 N–H and O–H groups in total. The predicted molar refractivity (Wildman–Crippen MR) is 139 cm³/mol. The Labute approximate surface area is 213 Å². The lowest BCUT2D eigenvalue weighted by atomic mass is 9.88. The molecule has 0 amide bonds. The second-order valence-electron chi connectivity index (χ2n) is 7.94. The molecule has 2 aromatic carbocycles. The van der Waals surface area contributed by atoms with E-state index in [1.54, 1.807) is 56.6 Å². The highest BCUT2D eigenvalue weighted by atomic mass is 127. The second-order valence-corrected chi connectivity index (χ2v) is 9.62. The third-order valence-electron chi connectivity index (χ3n) is 5.89. The van der Waals surface area contributed by atoms with Crippen molar-refractivity contribution in [2.45, 2.75) is 5.67 Å². The SMILES string of the molecule is Cn1nncc1[C@@](F)(c1ccc(I)cc1)c1ccc2c(n1)c(-c1cccc(Cl)c1)cc(=O)n2C. The smallest absolute Gasteiger partial charge is 0.251 e.